The molecule has 1 amide bonds. The van der Waals surface area contributed by atoms with Crippen molar-refractivity contribution in [2.24, 2.45) is 0 Å². The lowest BCUT2D eigenvalue weighted by molar-refractivity contribution is 0.0905. The highest BCUT2D eigenvalue weighted by molar-refractivity contribution is 6.03. The number of rotatable bonds is 4. The fourth-order valence-electron chi connectivity index (χ4n) is 3.27. The Balaban J connectivity index is 1.91. The summed E-state index contributed by atoms with van der Waals surface area (Å²) in [6, 6.07) is 10.0. The molecule has 1 aromatic carbocycles. The minimum atomic E-state index is -1.53. The van der Waals surface area contributed by atoms with Crippen molar-refractivity contribution in [3.05, 3.63) is 65.7 Å². The van der Waals surface area contributed by atoms with Crippen molar-refractivity contribution in [1.82, 2.24) is 20.3 Å². The van der Waals surface area contributed by atoms with E-state index < -0.39 is 18.0 Å². The quantitative estimate of drug-likeness (QED) is 0.448. The molecule has 0 spiro atoms. The van der Waals surface area contributed by atoms with Crippen LogP contribution >= 0.6 is 0 Å². The number of alkyl halides is 1. The van der Waals surface area contributed by atoms with Crippen molar-refractivity contribution >= 4 is 16.9 Å². The van der Waals surface area contributed by atoms with Gasteiger partial charge in [-0.2, -0.15) is 0 Å². The molecule has 0 saturated carbocycles. The van der Waals surface area contributed by atoms with Gasteiger partial charge in [0.25, 0.3) is 5.91 Å². The van der Waals surface area contributed by atoms with E-state index >= 15 is 0 Å². The van der Waals surface area contributed by atoms with Gasteiger partial charge in [0.15, 0.2) is 6.30 Å². The normalized spacial score (nSPS) is 12.3. The number of fused-ring (bicyclic) bond motifs is 1. The number of nitrogens with one attached hydrogen (secondary N) is 3. The van der Waals surface area contributed by atoms with Crippen molar-refractivity contribution in [2.75, 3.05) is 0 Å². The minimum Gasteiger partial charge on any atom is -0.354 e. The molecule has 1 atom stereocenters. The second-order valence-corrected chi connectivity index (χ2v) is 6.64. The molecule has 7 heteroatoms. The number of aryl methyl sites for hydroxylation is 1. The van der Waals surface area contributed by atoms with Gasteiger partial charge in [-0.05, 0) is 49.7 Å². The summed E-state index contributed by atoms with van der Waals surface area (Å²) < 4.78 is 28.0. The lowest BCUT2D eigenvalue weighted by atomic mass is 10.0. The number of carbonyl (C=O) groups excluding carboxylic acids is 1. The van der Waals surface area contributed by atoms with Gasteiger partial charge in [-0.3, -0.25) is 4.79 Å². The highest BCUT2D eigenvalue weighted by Gasteiger charge is 2.21. The van der Waals surface area contributed by atoms with Crippen LogP contribution in [0.3, 0.4) is 0 Å². The van der Waals surface area contributed by atoms with E-state index in [-0.39, 0.29) is 11.1 Å². The molecule has 1 unspecified atom stereocenters. The van der Waals surface area contributed by atoms with Crippen molar-refractivity contribution in [2.45, 2.75) is 20.1 Å². The summed E-state index contributed by atoms with van der Waals surface area (Å²) in [7, 11) is 0. The summed E-state index contributed by atoms with van der Waals surface area (Å²) in [6.07, 6.45) is 1.88. The molecule has 0 fully saturated rings. The Kier molecular flexibility index (Phi) is 4.43. The zero-order valence-corrected chi connectivity index (χ0v) is 15.3. The molecule has 3 N–H and O–H groups in total. The van der Waals surface area contributed by atoms with Gasteiger partial charge in [0.1, 0.15) is 11.5 Å². The van der Waals surface area contributed by atoms with Gasteiger partial charge < -0.3 is 15.3 Å². The number of hydrogen-bond acceptors (Lipinski definition) is 2. The molecule has 0 radical (unpaired) electrons. The predicted molar refractivity (Wildman–Crippen MR) is 104 cm³/mol. The number of aromatic nitrogens is 3. The first-order chi connectivity index (χ1) is 13.4. The smallest absolute Gasteiger partial charge is 0.255 e. The number of hydrogen-bond donors (Lipinski definition) is 3. The average molecular weight is 380 g/mol. The minimum absolute atomic E-state index is 0.169. The molecular weight excluding hydrogens is 362 g/mol. The van der Waals surface area contributed by atoms with Crippen molar-refractivity contribution in [3.8, 4) is 22.5 Å². The highest BCUT2D eigenvalue weighted by Crippen LogP contribution is 2.33. The third-order valence-corrected chi connectivity index (χ3v) is 4.54. The first kappa shape index (κ1) is 17.9. The third-order valence-electron chi connectivity index (χ3n) is 4.54. The second kappa shape index (κ2) is 6.92. The maximum Gasteiger partial charge on any atom is 0.255 e. The van der Waals surface area contributed by atoms with E-state index in [0.717, 1.165) is 16.5 Å². The molecule has 0 aliphatic rings. The number of halogens is 2. The maximum atomic E-state index is 14.6. The van der Waals surface area contributed by atoms with Crippen LogP contribution in [-0.4, -0.2) is 27.2 Å². The Labute approximate surface area is 159 Å². The third kappa shape index (κ3) is 3.15. The molecule has 5 nitrogen and oxygen atoms in total. The number of carbonyl (C=O) groups is 1. The fraction of sp³-hybridized carbons (Fsp3) is 0.143. The molecule has 4 aromatic rings. The Morgan fingerprint density at radius 3 is 2.75 bits per heavy atom. The van der Waals surface area contributed by atoms with E-state index in [0.29, 0.717) is 17.0 Å². The molecule has 0 aliphatic carbocycles. The molecule has 0 bridgehead atoms. The lowest BCUT2D eigenvalue weighted by Gasteiger charge is -2.08. The maximum absolute atomic E-state index is 14.6. The van der Waals surface area contributed by atoms with Gasteiger partial charge in [-0.25, -0.2) is 13.8 Å². The first-order valence-electron chi connectivity index (χ1n) is 8.81. The van der Waals surface area contributed by atoms with Crippen LogP contribution in [0.25, 0.3) is 33.5 Å². The standard InChI is InChI=1S/C21H18F2N4O/c1-11-3-4-15(17(23)9-11)19-16(21(28)26-12(2)22)10-18(27-19)13-5-7-24-20-14(13)6-8-25-20/h3-10,12,27H,1-2H3,(H,24,25)(H,26,28). The number of benzene rings is 1. The summed E-state index contributed by atoms with van der Waals surface area (Å²) in [5, 5.41) is 3.08. The Bertz CT molecular complexity index is 1180. The Hall–Kier alpha value is -3.48. The summed E-state index contributed by atoms with van der Waals surface area (Å²) in [5.74, 6) is -1.08. The van der Waals surface area contributed by atoms with Crippen LogP contribution < -0.4 is 5.32 Å². The lowest BCUT2D eigenvalue weighted by Crippen LogP contribution is -2.29. The summed E-state index contributed by atoms with van der Waals surface area (Å²) in [4.78, 5) is 23.0. The number of amides is 1. The highest BCUT2D eigenvalue weighted by atomic mass is 19.1. The van der Waals surface area contributed by atoms with Crippen LogP contribution in [0.15, 0.2) is 48.8 Å². The van der Waals surface area contributed by atoms with Crippen LogP contribution in [-0.2, 0) is 0 Å². The van der Waals surface area contributed by atoms with E-state index in [4.69, 9.17) is 0 Å². The summed E-state index contributed by atoms with van der Waals surface area (Å²) >= 11 is 0. The first-order valence-corrected chi connectivity index (χ1v) is 8.81. The van der Waals surface area contributed by atoms with Gasteiger partial charge in [0, 0.05) is 34.6 Å². The molecule has 3 heterocycles. The summed E-state index contributed by atoms with van der Waals surface area (Å²) in [5.41, 5.74) is 3.57. The predicted octanol–water partition coefficient (Wildman–Crippen LogP) is 4.72. The van der Waals surface area contributed by atoms with Gasteiger partial charge in [-0.1, -0.05) is 6.07 Å². The Morgan fingerprint density at radius 1 is 1.18 bits per heavy atom. The number of H-pyrrole nitrogens is 2. The van der Waals surface area contributed by atoms with E-state index in [1.165, 1.54) is 13.0 Å². The van der Waals surface area contributed by atoms with Crippen LogP contribution in [0.5, 0.6) is 0 Å². The molecule has 4 rings (SSSR count). The molecular formula is C21H18F2N4O. The van der Waals surface area contributed by atoms with E-state index in [1.807, 2.05) is 6.07 Å². The zero-order valence-electron chi connectivity index (χ0n) is 15.3. The molecule has 142 valence electrons. The van der Waals surface area contributed by atoms with Crippen LogP contribution in [0.4, 0.5) is 8.78 Å². The molecule has 3 aromatic heterocycles. The Morgan fingerprint density at radius 2 is 2.00 bits per heavy atom. The second-order valence-electron chi connectivity index (χ2n) is 6.64. The van der Waals surface area contributed by atoms with Crippen molar-refractivity contribution < 1.29 is 13.6 Å². The largest absolute Gasteiger partial charge is 0.354 e. The monoisotopic (exact) mass is 380 g/mol. The fourth-order valence-corrected chi connectivity index (χ4v) is 3.27. The SMILES string of the molecule is Cc1ccc(-c2[nH]c(-c3ccnc4[nH]ccc34)cc2C(=O)NC(C)F)c(F)c1. The van der Waals surface area contributed by atoms with Gasteiger partial charge in [0.05, 0.1) is 11.3 Å². The van der Waals surface area contributed by atoms with Crippen LogP contribution in [0, 0.1) is 12.7 Å². The van der Waals surface area contributed by atoms with Gasteiger partial charge in [-0.15, -0.1) is 0 Å². The zero-order chi connectivity index (χ0) is 19.8. The van der Waals surface area contributed by atoms with E-state index in [2.05, 4.69) is 20.3 Å². The van der Waals surface area contributed by atoms with Crippen molar-refractivity contribution in [1.29, 1.82) is 0 Å². The summed E-state index contributed by atoms with van der Waals surface area (Å²) in [6.45, 7) is 3.01. The van der Waals surface area contributed by atoms with Crippen LogP contribution in [0.1, 0.15) is 22.8 Å². The van der Waals surface area contributed by atoms with Crippen LogP contribution in [0.2, 0.25) is 0 Å². The van der Waals surface area contributed by atoms with E-state index in [9.17, 15) is 13.6 Å². The number of aromatic amines is 2. The van der Waals surface area contributed by atoms with E-state index in [1.54, 1.807) is 43.6 Å². The van der Waals surface area contributed by atoms with Crippen molar-refractivity contribution in [3.63, 3.8) is 0 Å². The molecule has 0 saturated heterocycles. The average Bonchev–Trinajstić information content (AvgIpc) is 3.28. The topological polar surface area (TPSA) is 73.6 Å². The molecule has 28 heavy (non-hydrogen) atoms. The number of pyridine rings is 1. The van der Waals surface area contributed by atoms with Gasteiger partial charge >= 0.3 is 0 Å². The number of nitrogens with zero attached hydrogens (tertiary/aromatic N) is 1. The van der Waals surface area contributed by atoms with Gasteiger partial charge in [0.2, 0.25) is 0 Å². The molecule has 0 aliphatic heterocycles.